The van der Waals surface area contributed by atoms with Crippen LogP contribution in [0.15, 0.2) is 0 Å². The molecule has 0 aromatic carbocycles. The van der Waals surface area contributed by atoms with E-state index in [1.54, 1.807) is 0 Å². The topological polar surface area (TPSA) is 67.6 Å². The van der Waals surface area contributed by atoms with E-state index in [4.69, 9.17) is 5.73 Å². The van der Waals surface area contributed by atoms with Crippen molar-refractivity contribution in [3.63, 3.8) is 0 Å². The zero-order chi connectivity index (χ0) is 14.5. The molecule has 0 saturated carbocycles. The van der Waals surface area contributed by atoms with Crippen molar-refractivity contribution in [2.75, 3.05) is 5.73 Å². The Labute approximate surface area is 123 Å². The number of nitrogen functional groups attached to an aromatic ring is 1. The van der Waals surface area contributed by atoms with Gasteiger partial charge < -0.3 is 5.73 Å². The molecule has 0 fully saturated rings. The molecule has 3 N–H and O–H groups in total. The Morgan fingerprint density at radius 2 is 1.30 bits per heavy atom. The summed E-state index contributed by atoms with van der Waals surface area (Å²) in [7, 11) is 0. The largest absolute Gasteiger partial charge is 0.367 e. The maximum Gasteiger partial charge on any atom is 0.239 e. The molecule has 116 valence electrons. The molecule has 0 aliphatic heterocycles. The van der Waals surface area contributed by atoms with Gasteiger partial charge in [-0.1, -0.05) is 77.6 Å². The third kappa shape index (κ3) is 8.94. The lowest BCUT2D eigenvalue weighted by atomic mass is 10.0. The molecule has 1 heterocycles. The number of anilines is 1. The maximum absolute atomic E-state index is 5.46. The van der Waals surface area contributed by atoms with Gasteiger partial charge in [0.2, 0.25) is 5.95 Å². The molecule has 0 atom stereocenters. The number of nitrogens with two attached hydrogens (primary N) is 1. The molecule has 1 rings (SSSR count). The highest BCUT2D eigenvalue weighted by atomic mass is 15.3. The summed E-state index contributed by atoms with van der Waals surface area (Å²) in [5.74, 6) is 1.29. The summed E-state index contributed by atoms with van der Waals surface area (Å²) < 4.78 is 0. The molecule has 0 aliphatic rings. The summed E-state index contributed by atoms with van der Waals surface area (Å²) in [4.78, 5) is 4.11. The minimum Gasteiger partial charge on any atom is -0.367 e. The quantitative estimate of drug-likeness (QED) is 0.518. The lowest BCUT2D eigenvalue weighted by molar-refractivity contribution is 0.542. The highest BCUT2D eigenvalue weighted by molar-refractivity contribution is 5.12. The van der Waals surface area contributed by atoms with Gasteiger partial charge in [-0.25, -0.2) is 0 Å². The van der Waals surface area contributed by atoms with Gasteiger partial charge in [-0.15, -0.1) is 5.10 Å². The number of aromatic nitrogens is 3. The van der Waals surface area contributed by atoms with Crippen molar-refractivity contribution in [2.24, 2.45) is 0 Å². The Bertz CT molecular complexity index is 322. The van der Waals surface area contributed by atoms with Gasteiger partial charge in [-0.2, -0.15) is 4.98 Å². The van der Waals surface area contributed by atoms with Crippen LogP contribution in [-0.4, -0.2) is 15.2 Å². The van der Waals surface area contributed by atoms with Crippen molar-refractivity contribution in [3.8, 4) is 0 Å². The Morgan fingerprint density at radius 1 is 0.800 bits per heavy atom. The van der Waals surface area contributed by atoms with Crippen LogP contribution in [0.25, 0.3) is 0 Å². The fraction of sp³-hybridized carbons (Fsp3) is 0.875. The summed E-state index contributed by atoms with van der Waals surface area (Å²) >= 11 is 0. The molecule has 0 amide bonds. The summed E-state index contributed by atoms with van der Waals surface area (Å²) in [6, 6.07) is 0. The van der Waals surface area contributed by atoms with Crippen molar-refractivity contribution in [1.82, 2.24) is 15.2 Å². The first-order valence-electron chi connectivity index (χ1n) is 8.49. The lowest BCUT2D eigenvalue weighted by Crippen LogP contribution is -1.90. The average molecular weight is 280 g/mol. The van der Waals surface area contributed by atoms with E-state index in [-0.39, 0.29) is 0 Å². The van der Waals surface area contributed by atoms with Crippen LogP contribution in [-0.2, 0) is 6.42 Å². The standard InChI is InChI=1S/C16H32N4/c1-2-3-4-5-6-7-8-9-10-11-12-13-14-15-18-16(17)20-19-15/h2-14H2,1H3,(H3,17,18,19,20). The predicted molar refractivity (Wildman–Crippen MR) is 85.6 cm³/mol. The average Bonchev–Trinajstić information content (AvgIpc) is 2.86. The molecule has 0 bridgehead atoms. The summed E-state index contributed by atoms with van der Waals surface area (Å²) in [5, 5.41) is 6.69. The van der Waals surface area contributed by atoms with Crippen LogP contribution in [0, 0.1) is 0 Å². The second-order valence-corrected chi connectivity index (χ2v) is 5.78. The van der Waals surface area contributed by atoms with E-state index >= 15 is 0 Å². The number of nitrogens with one attached hydrogen (secondary N) is 1. The van der Waals surface area contributed by atoms with Crippen LogP contribution >= 0.6 is 0 Å². The van der Waals surface area contributed by atoms with Crippen LogP contribution in [0.5, 0.6) is 0 Å². The van der Waals surface area contributed by atoms with Gasteiger partial charge in [-0.05, 0) is 6.42 Å². The molecule has 1 aromatic rings. The van der Waals surface area contributed by atoms with Crippen molar-refractivity contribution in [1.29, 1.82) is 0 Å². The van der Waals surface area contributed by atoms with E-state index < -0.39 is 0 Å². The van der Waals surface area contributed by atoms with Crippen LogP contribution in [0.2, 0.25) is 0 Å². The fourth-order valence-corrected chi connectivity index (χ4v) is 2.56. The van der Waals surface area contributed by atoms with Gasteiger partial charge in [0.15, 0.2) is 0 Å². The number of unbranched alkanes of at least 4 members (excludes halogenated alkanes) is 11. The summed E-state index contributed by atoms with van der Waals surface area (Å²) in [6.45, 7) is 2.28. The smallest absolute Gasteiger partial charge is 0.239 e. The lowest BCUT2D eigenvalue weighted by Gasteiger charge is -2.02. The summed E-state index contributed by atoms with van der Waals surface area (Å²) in [5.41, 5.74) is 5.46. The van der Waals surface area contributed by atoms with Crippen LogP contribution in [0.4, 0.5) is 5.95 Å². The van der Waals surface area contributed by atoms with Gasteiger partial charge >= 0.3 is 0 Å². The Hall–Kier alpha value is -1.06. The van der Waals surface area contributed by atoms with E-state index in [9.17, 15) is 0 Å². The molecule has 1 aromatic heterocycles. The number of rotatable bonds is 13. The van der Waals surface area contributed by atoms with E-state index in [1.807, 2.05) is 0 Å². The normalized spacial score (nSPS) is 11.1. The van der Waals surface area contributed by atoms with E-state index in [2.05, 4.69) is 22.1 Å². The zero-order valence-electron chi connectivity index (χ0n) is 13.2. The van der Waals surface area contributed by atoms with Crippen LogP contribution < -0.4 is 5.73 Å². The first kappa shape index (κ1) is 17.0. The number of hydrogen-bond donors (Lipinski definition) is 2. The monoisotopic (exact) mass is 280 g/mol. The molecule has 0 unspecified atom stereocenters. The maximum atomic E-state index is 5.46. The molecule has 4 nitrogen and oxygen atoms in total. The third-order valence-corrected chi connectivity index (χ3v) is 3.82. The van der Waals surface area contributed by atoms with Crippen LogP contribution in [0.3, 0.4) is 0 Å². The minimum absolute atomic E-state index is 0.360. The molecule has 0 aliphatic carbocycles. The third-order valence-electron chi connectivity index (χ3n) is 3.82. The van der Waals surface area contributed by atoms with Crippen molar-refractivity contribution in [3.05, 3.63) is 5.82 Å². The number of H-pyrrole nitrogens is 1. The molecule has 0 saturated heterocycles. The Morgan fingerprint density at radius 3 is 1.75 bits per heavy atom. The van der Waals surface area contributed by atoms with Gasteiger partial charge in [0.1, 0.15) is 5.82 Å². The SMILES string of the molecule is CCCCCCCCCCCCCCc1nc(N)n[nH]1. The minimum atomic E-state index is 0.360. The van der Waals surface area contributed by atoms with Gasteiger partial charge in [0.25, 0.3) is 0 Å². The molecule has 0 radical (unpaired) electrons. The predicted octanol–water partition coefficient (Wildman–Crippen LogP) is 4.63. The molecular formula is C16H32N4. The number of aryl methyl sites for hydroxylation is 1. The van der Waals surface area contributed by atoms with Gasteiger partial charge in [0.05, 0.1) is 0 Å². The van der Waals surface area contributed by atoms with Gasteiger partial charge in [0, 0.05) is 6.42 Å². The van der Waals surface area contributed by atoms with Gasteiger partial charge in [-0.3, -0.25) is 5.10 Å². The molecular weight excluding hydrogens is 248 g/mol. The Kier molecular flexibility index (Phi) is 9.98. The zero-order valence-corrected chi connectivity index (χ0v) is 13.2. The van der Waals surface area contributed by atoms with E-state index in [0.717, 1.165) is 12.2 Å². The van der Waals surface area contributed by atoms with Crippen molar-refractivity contribution in [2.45, 2.75) is 90.4 Å². The van der Waals surface area contributed by atoms with E-state index in [1.165, 1.54) is 77.0 Å². The molecule has 20 heavy (non-hydrogen) atoms. The fourth-order valence-electron chi connectivity index (χ4n) is 2.56. The van der Waals surface area contributed by atoms with Crippen molar-refractivity contribution >= 4 is 5.95 Å². The van der Waals surface area contributed by atoms with Crippen molar-refractivity contribution < 1.29 is 0 Å². The first-order chi connectivity index (χ1) is 9.83. The second kappa shape index (κ2) is 11.7. The van der Waals surface area contributed by atoms with E-state index in [0.29, 0.717) is 5.95 Å². The number of aromatic amines is 1. The molecule has 4 heteroatoms. The number of nitrogens with zero attached hydrogens (tertiary/aromatic N) is 2. The highest BCUT2D eigenvalue weighted by Crippen LogP contribution is 2.12. The van der Waals surface area contributed by atoms with Crippen LogP contribution in [0.1, 0.15) is 89.8 Å². The highest BCUT2D eigenvalue weighted by Gasteiger charge is 1.99. The number of hydrogen-bond acceptors (Lipinski definition) is 3. The Balaban J connectivity index is 1.76. The molecule has 0 spiro atoms. The first-order valence-corrected chi connectivity index (χ1v) is 8.49. The second-order valence-electron chi connectivity index (χ2n) is 5.78. The summed E-state index contributed by atoms with van der Waals surface area (Å²) in [6.07, 6.45) is 17.5.